The van der Waals surface area contributed by atoms with Gasteiger partial charge in [0.25, 0.3) is 0 Å². The van der Waals surface area contributed by atoms with E-state index in [-0.39, 0.29) is 6.03 Å². The molecule has 0 aliphatic rings. The number of hydrogen-bond acceptors (Lipinski definition) is 2. The molecule has 4 heteroatoms. The van der Waals surface area contributed by atoms with Gasteiger partial charge in [-0.25, -0.2) is 10.2 Å². The predicted molar refractivity (Wildman–Crippen MR) is 52.3 cm³/mol. The van der Waals surface area contributed by atoms with Crippen LogP contribution in [0.3, 0.4) is 0 Å². The van der Waals surface area contributed by atoms with Crippen LogP contribution in [0.1, 0.15) is 6.92 Å². The zero-order valence-electron chi connectivity index (χ0n) is 7.50. The van der Waals surface area contributed by atoms with Crippen molar-refractivity contribution in [2.75, 3.05) is 11.9 Å². The van der Waals surface area contributed by atoms with Gasteiger partial charge in [0.05, 0.1) is 0 Å². The molecule has 0 fully saturated rings. The van der Waals surface area contributed by atoms with Crippen molar-refractivity contribution in [3.63, 3.8) is 0 Å². The molecule has 0 radical (unpaired) electrons. The molecule has 0 aliphatic heterocycles. The summed E-state index contributed by atoms with van der Waals surface area (Å²) in [7, 11) is 0. The SMILES string of the molecule is CCNNC(=O)Nc1ccccc1. The molecule has 0 spiro atoms. The first-order chi connectivity index (χ1) is 6.33. The average molecular weight is 179 g/mol. The summed E-state index contributed by atoms with van der Waals surface area (Å²) in [6.07, 6.45) is 0. The van der Waals surface area contributed by atoms with E-state index in [1.165, 1.54) is 0 Å². The molecule has 0 heterocycles. The van der Waals surface area contributed by atoms with Crippen LogP contribution in [0.5, 0.6) is 0 Å². The lowest BCUT2D eigenvalue weighted by Gasteiger charge is -2.06. The van der Waals surface area contributed by atoms with Crippen LogP contribution < -0.4 is 16.2 Å². The number of rotatable bonds is 3. The largest absolute Gasteiger partial charge is 0.333 e. The second-order valence-corrected chi connectivity index (χ2v) is 2.48. The summed E-state index contributed by atoms with van der Waals surface area (Å²) in [5.74, 6) is 0. The second-order valence-electron chi connectivity index (χ2n) is 2.48. The fourth-order valence-electron chi connectivity index (χ4n) is 0.852. The molecule has 0 atom stereocenters. The van der Waals surface area contributed by atoms with Crippen molar-refractivity contribution >= 4 is 11.7 Å². The molecule has 1 rings (SSSR count). The van der Waals surface area contributed by atoms with Crippen molar-refractivity contribution in [1.82, 2.24) is 10.9 Å². The lowest BCUT2D eigenvalue weighted by molar-refractivity contribution is 0.248. The fourth-order valence-corrected chi connectivity index (χ4v) is 0.852. The summed E-state index contributed by atoms with van der Waals surface area (Å²) >= 11 is 0. The van der Waals surface area contributed by atoms with Crippen LogP contribution in [0.15, 0.2) is 30.3 Å². The van der Waals surface area contributed by atoms with Gasteiger partial charge in [-0.2, -0.15) is 0 Å². The zero-order chi connectivity index (χ0) is 9.52. The highest BCUT2D eigenvalue weighted by molar-refractivity contribution is 5.88. The molecule has 0 bridgehead atoms. The van der Waals surface area contributed by atoms with E-state index in [0.717, 1.165) is 5.69 Å². The van der Waals surface area contributed by atoms with Crippen molar-refractivity contribution < 1.29 is 4.79 Å². The van der Waals surface area contributed by atoms with E-state index < -0.39 is 0 Å². The van der Waals surface area contributed by atoms with E-state index in [0.29, 0.717) is 6.54 Å². The first-order valence-corrected chi connectivity index (χ1v) is 4.18. The molecule has 1 aromatic carbocycles. The van der Waals surface area contributed by atoms with E-state index in [1.54, 1.807) is 0 Å². The number of para-hydroxylation sites is 1. The molecule has 3 N–H and O–H groups in total. The van der Waals surface area contributed by atoms with Crippen molar-refractivity contribution in [2.24, 2.45) is 0 Å². The summed E-state index contributed by atoms with van der Waals surface area (Å²) in [6.45, 7) is 2.60. The Morgan fingerprint density at radius 3 is 2.62 bits per heavy atom. The van der Waals surface area contributed by atoms with Crippen LogP contribution >= 0.6 is 0 Å². The molecule has 0 aromatic heterocycles. The Labute approximate surface area is 77.3 Å². The van der Waals surface area contributed by atoms with Crippen LogP contribution in [0.2, 0.25) is 0 Å². The molecule has 4 nitrogen and oxygen atoms in total. The molecule has 0 aliphatic carbocycles. The highest BCUT2D eigenvalue weighted by Gasteiger charge is 1.97. The normalized spacial score (nSPS) is 9.31. The minimum absolute atomic E-state index is 0.256. The number of carbonyl (C=O) groups is 1. The minimum atomic E-state index is -0.256. The smallest absolute Gasteiger partial charge is 0.307 e. The second kappa shape index (κ2) is 5.16. The lowest BCUT2D eigenvalue weighted by Crippen LogP contribution is -2.40. The van der Waals surface area contributed by atoms with Gasteiger partial charge in [-0.1, -0.05) is 25.1 Å². The summed E-state index contributed by atoms with van der Waals surface area (Å²) < 4.78 is 0. The summed E-state index contributed by atoms with van der Waals surface area (Å²) in [4.78, 5) is 11.1. The van der Waals surface area contributed by atoms with E-state index in [2.05, 4.69) is 16.2 Å². The Bertz CT molecular complexity index is 261. The molecule has 1 aromatic rings. The van der Waals surface area contributed by atoms with E-state index in [9.17, 15) is 4.79 Å². The molecule has 2 amide bonds. The van der Waals surface area contributed by atoms with E-state index in [4.69, 9.17) is 0 Å². The Hall–Kier alpha value is -1.55. The number of amides is 2. The van der Waals surface area contributed by atoms with Crippen molar-refractivity contribution in [3.8, 4) is 0 Å². The lowest BCUT2D eigenvalue weighted by atomic mass is 10.3. The maximum Gasteiger partial charge on any atom is 0.333 e. The van der Waals surface area contributed by atoms with Gasteiger partial charge in [0.1, 0.15) is 0 Å². The minimum Gasteiger partial charge on any atom is -0.307 e. The molecular formula is C9H13N3O. The van der Waals surface area contributed by atoms with Gasteiger partial charge in [0, 0.05) is 12.2 Å². The highest BCUT2D eigenvalue weighted by Crippen LogP contribution is 2.03. The van der Waals surface area contributed by atoms with Gasteiger partial charge < -0.3 is 5.32 Å². The standard InChI is InChI=1S/C9H13N3O/c1-2-10-12-9(13)11-8-6-4-3-5-7-8/h3-7,10H,2H2,1H3,(H2,11,12,13). The number of hydrazine groups is 1. The number of nitrogens with one attached hydrogen (secondary N) is 3. The molecule has 70 valence electrons. The third-order valence-corrected chi connectivity index (χ3v) is 1.41. The van der Waals surface area contributed by atoms with Crippen molar-refractivity contribution in [2.45, 2.75) is 6.92 Å². The number of hydrogen-bond donors (Lipinski definition) is 3. The molecule has 13 heavy (non-hydrogen) atoms. The molecule has 0 saturated heterocycles. The maximum absolute atomic E-state index is 11.1. The fraction of sp³-hybridized carbons (Fsp3) is 0.222. The molecule has 0 saturated carbocycles. The third kappa shape index (κ3) is 3.57. The Balaban J connectivity index is 2.37. The van der Waals surface area contributed by atoms with Crippen LogP contribution in [-0.2, 0) is 0 Å². The number of carbonyl (C=O) groups excluding carboxylic acids is 1. The van der Waals surface area contributed by atoms with Crippen LogP contribution in [0, 0.1) is 0 Å². The topological polar surface area (TPSA) is 53.2 Å². The predicted octanol–water partition coefficient (Wildman–Crippen LogP) is 1.33. The zero-order valence-corrected chi connectivity index (χ0v) is 7.50. The Morgan fingerprint density at radius 2 is 2.00 bits per heavy atom. The summed E-state index contributed by atoms with van der Waals surface area (Å²) in [5.41, 5.74) is 5.96. The first-order valence-electron chi connectivity index (χ1n) is 4.18. The molecular weight excluding hydrogens is 166 g/mol. The van der Waals surface area contributed by atoms with Gasteiger partial charge in [-0.05, 0) is 12.1 Å². The Kier molecular flexibility index (Phi) is 3.78. The van der Waals surface area contributed by atoms with Crippen molar-refractivity contribution in [1.29, 1.82) is 0 Å². The van der Waals surface area contributed by atoms with Gasteiger partial charge in [-0.3, -0.25) is 5.43 Å². The van der Waals surface area contributed by atoms with Gasteiger partial charge >= 0.3 is 6.03 Å². The summed E-state index contributed by atoms with van der Waals surface area (Å²) in [6, 6.07) is 9.02. The van der Waals surface area contributed by atoms with E-state index >= 15 is 0 Å². The van der Waals surface area contributed by atoms with E-state index in [1.807, 2.05) is 37.3 Å². The number of urea groups is 1. The Morgan fingerprint density at radius 1 is 1.31 bits per heavy atom. The van der Waals surface area contributed by atoms with Crippen LogP contribution in [0.4, 0.5) is 10.5 Å². The average Bonchev–Trinajstić information content (AvgIpc) is 2.16. The monoisotopic (exact) mass is 179 g/mol. The summed E-state index contributed by atoms with van der Waals surface area (Å²) in [5, 5.41) is 2.66. The number of anilines is 1. The molecule has 0 unspecified atom stereocenters. The van der Waals surface area contributed by atoms with Gasteiger partial charge in [0.15, 0.2) is 0 Å². The van der Waals surface area contributed by atoms with Crippen LogP contribution in [-0.4, -0.2) is 12.6 Å². The van der Waals surface area contributed by atoms with Gasteiger partial charge in [-0.15, -0.1) is 0 Å². The third-order valence-electron chi connectivity index (χ3n) is 1.41. The van der Waals surface area contributed by atoms with Crippen molar-refractivity contribution in [3.05, 3.63) is 30.3 Å². The quantitative estimate of drug-likeness (QED) is 0.613. The highest BCUT2D eigenvalue weighted by atomic mass is 16.2. The first kappa shape index (κ1) is 9.54. The number of benzene rings is 1. The van der Waals surface area contributed by atoms with Crippen LogP contribution in [0.25, 0.3) is 0 Å². The van der Waals surface area contributed by atoms with Gasteiger partial charge in [0.2, 0.25) is 0 Å². The maximum atomic E-state index is 11.1.